The Hall–Kier alpha value is -3.49. The maximum atomic E-state index is 12.1. The van der Waals surface area contributed by atoms with Gasteiger partial charge in [-0.1, -0.05) is 6.07 Å². The van der Waals surface area contributed by atoms with Crippen LogP contribution in [0.4, 0.5) is 0 Å². The van der Waals surface area contributed by atoms with Crippen molar-refractivity contribution < 1.29 is 14.3 Å². The first-order valence-electron chi connectivity index (χ1n) is 7.61. The molecule has 1 N–H and O–H groups in total. The van der Waals surface area contributed by atoms with Gasteiger partial charge in [-0.25, -0.2) is 0 Å². The lowest BCUT2D eigenvalue weighted by Gasteiger charge is -2.05. The minimum atomic E-state index is -0.215. The molecule has 0 radical (unpaired) electrons. The molecular weight excluding hydrogens is 324 g/mol. The van der Waals surface area contributed by atoms with Gasteiger partial charge in [0.25, 0.3) is 0 Å². The third-order valence-corrected chi connectivity index (χ3v) is 3.58. The fraction of sp³-hybridized carbons (Fsp3) is 0.188. The first-order chi connectivity index (χ1) is 12.3. The molecule has 0 atom stereocenters. The van der Waals surface area contributed by atoms with Crippen LogP contribution in [-0.2, 0) is 17.9 Å². The molecule has 1 aliphatic rings. The van der Waals surface area contributed by atoms with E-state index in [0.29, 0.717) is 23.9 Å². The number of nitrogens with one attached hydrogen (secondary N) is 1. The molecule has 2 aromatic heterocycles. The van der Waals surface area contributed by atoms with Crippen LogP contribution in [0.2, 0.25) is 0 Å². The zero-order valence-electron chi connectivity index (χ0n) is 13.1. The molecule has 126 valence electrons. The number of benzene rings is 1. The summed E-state index contributed by atoms with van der Waals surface area (Å²) in [5, 5.41) is 14.8. The lowest BCUT2D eigenvalue weighted by molar-refractivity contribution is -0.122. The van der Waals surface area contributed by atoms with Gasteiger partial charge >= 0.3 is 0 Å². The quantitative estimate of drug-likeness (QED) is 0.733. The van der Waals surface area contributed by atoms with Crippen LogP contribution in [0.15, 0.2) is 42.7 Å². The number of rotatable bonds is 5. The molecule has 4 rings (SSSR count). The lowest BCUT2D eigenvalue weighted by atomic mass is 10.2. The zero-order chi connectivity index (χ0) is 17.1. The van der Waals surface area contributed by atoms with Crippen LogP contribution in [0.1, 0.15) is 5.56 Å². The van der Waals surface area contributed by atoms with Gasteiger partial charge in [0.1, 0.15) is 6.54 Å². The predicted molar refractivity (Wildman–Crippen MR) is 85.5 cm³/mol. The zero-order valence-corrected chi connectivity index (χ0v) is 13.1. The van der Waals surface area contributed by atoms with Crippen molar-refractivity contribution in [3.63, 3.8) is 0 Å². The lowest BCUT2D eigenvalue weighted by Crippen LogP contribution is -2.28. The molecule has 3 heterocycles. The van der Waals surface area contributed by atoms with Crippen LogP contribution in [0.5, 0.6) is 11.5 Å². The summed E-state index contributed by atoms with van der Waals surface area (Å²) < 4.78 is 10.6. The highest BCUT2D eigenvalue weighted by atomic mass is 16.7. The van der Waals surface area contributed by atoms with Gasteiger partial charge in [0.2, 0.25) is 18.5 Å². The molecule has 0 fully saturated rings. The smallest absolute Gasteiger partial charge is 0.243 e. The van der Waals surface area contributed by atoms with E-state index in [1.807, 2.05) is 24.3 Å². The largest absolute Gasteiger partial charge is 0.454 e. The Kier molecular flexibility index (Phi) is 3.95. The summed E-state index contributed by atoms with van der Waals surface area (Å²) >= 11 is 0. The Labute approximate surface area is 142 Å². The third kappa shape index (κ3) is 3.39. The molecule has 1 amide bonds. The number of carbonyl (C=O) groups is 1. The maximum absolute atomic E-state index is 12.1. The molecule has 3 aromatic rings. The molecule has 1 aliphatic heterocycles. The van der Waals surface area contributed by atoms with Crippen LogP contribution < -0.4 is 14.8 Å². The summed E-state index contributed by atoms with van der Waals surface area (Å²) in [5.41, 5.74) is 1.66. The number of amides is 1. The number of carbonyl (C=O) groups excluding carboxylic acids is 1. The van der Waals surface area contributed by atoms with Crippen molar-refractivity contribution >= 4 is 5.91 Å². The van der Waals surface area contributed by atoms with Crippen LogP contribution in [0.3, 0.4) is 0 Å². The van der Waals surface area contributed by atoms with Gasteiger partial charge in [-0.15, -0.1) is 10.2 Å². The van der Waals surface area contributed by atoms with Crippen LogP contribution >= 0.6 is 0 Å². The minimum absolute atomic E-state index is 0.0161. The first-order valence-corrected chi connectivity index (χ1v) is 7.61. The van der Waals surface area contributed by atoms with Crippen molar-refractivity contribution in [3.05, 3.63) is 48.3 Å². The van der Waals surface area contributed by atoms with E-state index >= 15 is 0 Å². The number of aromatic nitrogens is 5. The summed E-state index contributed by atoms with van der Waals surface area (Å²) in [6.45, 7) is 0.583. The second-order valence-corrected chi connectivity index (χ2v) is 5.35. The summed E-state index contributed by atoms with van der Waals surface area (Å²) in [4.78, 5) is 17.3. The average molecular weight is 338 g/mol. The Balaban J connectivity index is 1.34. The van der Waals surface area contributed by atoms with Gasteiger partial charge < -0.3 is 14.8 Å². The molecular formula is C16H14N6O3. The molecule has 0 spiro atoms. The molecule has 1 aromatic carbocycles. The van der Waals surface area contributed by atoms with Crippen molar-refractivity contribution in [2.75, 3.05) is 6.79 Å². The number of hydrogen-bond donors (Lipinski definition) is 1. The number of hydrogen-bond acceptors (Lipinski definition) is 7. The van der Waals surface area contributed by atoms with Gasteiger partial charge in [-0.3, -0.25) is 9.78 Å². The van der Waals surface area contributed by atoms with E-state index in [4.69, 9.17) is 9.47 Å². The van der Waals surface area contributed by atoms with Gasteiger partial charge in [-0.05, 0) is 35.0 Å². The van der Waals surface area contributed by atoms with E-state index in [2.05, 4.69) is 25.7 Å². The van der Waals surface area contributed by atoms with Crippen molar-refractivity contribution in [1.29, 1.82) is 0 Å². The first kappa shape index (κ1) is 15.1. The highest BCUT2D eigenvalue weighted by Crippen LogP contribution is 2.32. The molecule has 0 saturated carbocycles. The number of ether oxygens (including phenoxy) is 2. The second kappa shape index (κ2) is 6.56. The molecule has 0 unspecified atom stereocenters. The summed E-state index contributed by atoms with van der Waals surface area (Å²) in [7, 11) is 0. The Bertz CT molecular complexity index is 896. The van der Waals surface area contributed by atoms with Gasteiger partial charge in [-0.2, -0.15) is 4.80 Å². The van der Waals surface area contributed by atoms with E-state index < -0.39 is 0 Å². The monoisotopic (exact) mass is 338 g/mol. The third-order valence-electron chi connectivity index (χ3n) is 3.58. The Morgan fingerprint density at radius 3 is 3.04 bits per heavy atom. The fourth-order valence-electron chi connectivity index (χ4n) is 2.36. The molecule has 0 aliphatic carbocycles. The van der Waals surface area contributed by atoms with Crippen molar-refractivity contribution in [3.8, 4) is 22.9 Å². The van der Waals surface area contributed by atoms with E-state index in [-0.39, 0.29) is 19.2 Å². The van der Waals surface area contributed by atoms with Crippen molar-refractivity contribution in [2.24, 2.45) is 0 Å². The molecule has 25 heavy (non-hydrogen) atoms. The number of tetrazole rings is 1. The van der Waals surface area contributed by atoms with E-state index in [0.717, 1.165) is 11.1 Å². The van der Waals surface area contributed by atoms with E-state index in [1.54, 1.807) is 18.5 Å². The van der Waals surface area contributed by atoms with Crippen molar-refractivity contribution in [1.82, 2.24) is 30.5 Å². The normalized spacial score (nSPS) is 12.2. The Morgan fingerprint density at radius 2 is 2.16 bits per heavy atom. The van der Waals surface area contributed by atoms with Gasteiger partial charge in [0.15, 0.2) is 11.5 Å². The molecule has 9 nitrogen and oxygen atoms in total. The minimum Gasteiger partial charge on any atom is -0.454 e. The fourth-order valence-corrected chi connectivity index (χ4v) is 2.36. The number of nitrogens with zero attached hydrogens (tertiary/aromatic N) is 5. The van der Waals surface area contributed by atoms with Gasteiger partial charge in [0, 0.05) is 24.5 Å². The SMILES string of the molecule is O=C(Cn1nnc(-c2cccnc2)n1)NCc1ccc2c(c1)OCO2. The highest BCUT2D eigenvalue weighted by Gasteiger charge is 2.14. The predicted octanol–water partition coefficient (Wildman–Crippen LogP) is 0.780. The molecule has 0 saturated heterocycles. The van der Waals surface area contributed by atoms with Crippen LogP contribution in [0, 0.1) is 0 Å². The van der Waals surface area contributed by atoms with Crippen molar-refractivity contribution in [2.45, 2.75) is 13.1 Å². The summed E-state index contributed by atoms with van der Waals surface area (Å²) in [6, 6.07) is 9.16. The molecule has 0 bridgehead atoms. The van der Waals surface area contributed by atoms with Crippen LogP contribution in [-0.4, -0.2) is 37.9 Å². The van der Waals surface area contributed by atoms with E-state index in [1.165, 1.54) is 4.80 Å². The highest BCUT2D eigenvalue weighted by molar-refractivity contribution is 5.75. The second-order valence-electron chi connectivity index (χ2n) is 5.35. The topological polar surface area (TPSA) is 104 Å². The number of pyridine rings is 1. The standard InChI is InChI=1S/C16H14N6O3/c23-15(18-7-11-3-4-13-14(6-11)25-10-24-13)9-22-20-16(19-21-22)12-2-1-5-17-8-12/h1-6,8H,7,9-10H2,(H,18,23). The number of fused-ring (bicyclic) bond motifs is 1. The van der Waals surface area contributed by atoms with E-state index in [9.17, 15) is 4.79 Å². The Morgan fingerprint density at radius 1 is 1.24 bits per heavy atom. The van der Waals surface area contributed by atoms with Gasteiger partial charge in [0.05, 0.1) is 0 Å². The summed E-state index contributed by atoms with van der Waals surface area (Å²) in [6.07, 6.45) is 3.30. The summed E-state index contributed by atoms with van der Waals surface area (Å²) in [5.74, 6) is 1.61. The maximum Gasteiger partial charge on any atom is 0.243 e. The van der Waals surface area contributed by atoms with Crippen LogP contribution in [0.25, 0.3) is 11.4 Å². The molecule has 9 heteroatoms. The average Bonchev–Trinajstić information content (AvgIpc) is 3.29.